The van der Waals surface area contributed by atoms with E-state index in [9.17, 15) is 0 Å². The van der Waals surface area contributed by atoms with Crippen LogP contribution in [0.5, 0.6) is 0 Å². The second-order valence-electron chi connectivity index (χ2n) is 14.0. The molecular weight excluding hydrogens is 649 g/mol. The summed E-state index contributed by atoms with van der Waals surface area (Å²) in [6.45, 7) is 2.42. The van der Waals surface area contributed by atoms with Gasteiger partial charge in [-0.2, -0.15) is 0 Å². The summed E-state index contributed by atoms with van der Waals surface area (Å²) in [5, 5.41) is 5.13. The number of nitrogens with zero attached hydrogens (tertiary/aromatic N) is 2. The van der Waals surface area contributed by atoms with Crippen LogP contribution in [0.4, 0.5) is 0 Å². The van der Waals surface area contributed by atoms with Gasteiger partial charge in [0.2, 0.25) is 0 Å². The van der Waals surface area contributed by atoms with Crippen molar-refractivity contribution >= 4 is 53.3 Å². The number of thiophene rings is 1. The SMILES string of the molecule is CC1(c2ccccc2)c2ccccc2-c2ccc3c(sc4cc5c6ccccc6n(-c6cc(-c7ccccc7)nc(-c7ccccc7)c6)c5cc43)c21. The van der Waals surface area contributed by atoms with Crippen LogP contribution in [-0.2, 0) is 5.41 Å². The highest BCUT2D eigenvalue weighted by atomic mass is 32.1. The summed E-state index contributed by atoms with van der Waals surface area (Å²) < 4.78 is 5.14. The first-order valence-corrected chi connectivity index (χ1v) is 18.7. The topological polar surface area (TPSA) is 17.8 Å². The van der Waals surface area contributed by atoms with Crippen molar-refractivity contribution in [3.05, 3.63) is 193 Å². The van der Waals surface area contributed by atoms with Gasteiger partial charge in [0.1, 0.15) is 0 Å². The average molecular weight is 681 g/mol. The van der Waals surface area contributed by atoms with Crippen molar-refractivity contribution in [1.82, 2.24) is 9.55 Å². The van der Waals surface area contributed by atoms with Gasteiger partial charge in [0.15, 0.2) is 0 Å². The van der Waals surface area contributed by atoms with Crippen LogP contribution in [0, 0.1) is 0 Å². The molecular formula is C49H32N2S. The summed E-state index contributed by atoms with van der Waals surface area (Å²) in [4.78, 5) is 5.20. The van der Waals surface area contributed by atoms with Crippen LogP contribution in [0.3, 0.4) is 0 Å². The van der Waals surface area contributed by atoms with Crippen LogP contribution in [0.15, 0.2) is 176 Å². The number of hydrogen-bond acceptors (Lipinski definition) is 2. The molecule has 1 unspecified atom stereocenters. The van der Waals surface area contributed by atoms with E-state index in [1.165, 1.54) is 69.8 Å². The molecule has 0 aliphatic heterocycles. The van der Waals surface area contributed by atoms with Crippen molar-refractivity contribution in [2.45, 2.75) is 12.3 Å². The predicted molar refractivity (Wildman–Crippen MR) is 220 cm³/mol. The zero-order chi connectivity index (χ0) is 34.4. The first-order chi connectivity index (χ1) is 25.7. The second kappa shape index (κ2) is 11.1. The van der Waals surface area contributed by atoms with Crippen molar-refractivity contribution in [1.29, 1.82) is 0 Å². The van der Waals surface area contributed by atoms with Gasteiger partial charge in [-0.1, -0.05) is 146 Å². The van der Waals surface area contributed by atoms with Gasteiger partial charge in [0, 0.05) is 47.5 Å². The van der Waals surface area contributed by atoms with Gasteiger partial charge in [-0.05, 0) is 65.1 Å². The van der Waals surface area contributed by atoms with Crippen LogP contribution in [0.1, 0.15) is 23.6 Å². The van der Waals surface area contributed by atoms with Crippen molar-refractivity contribution in [3.8, 4) is 39.3 Å². The molecule has 0 N–H and O–H groups in total. The third kappa shape index (κ3) is 4.14. The maximum absolute atomic E-state index is 5.20. The molecule has 2 nitrogen and oxygen atoms in total. The summed E-state index contributed by atoms with van der Waals surface area (Å²) in [5.74, 6) is 0. The van der Waals surface area contributed by atoms with E-state index in [-0.39, 0.29) is 5.41 Å². The lowest BCUT2D eigenvalue weighted by Crippen LogP contribution is -2.22. The highest BCUT2D eigenvalue weighted by Gasteiger charge is 2.42. The highest BCUT2D eigenvalue weighted by Crippen LogP contribution is 2.57. The van der Waals surface area contributed by atoms with Gasteiger partial charge in [0.25, 0.3) is 0 Å². The standard InChI is InChI=1S/C49H32N2S/c1-49(33-19-9-4-10-20-33)41-23-13-11-21-35(41)37-25-26-38-40-29-45-39(30-46(40)52-48(38)47(37)49)36-22-12-14-24-44(36)51(45)34-27-42(31-15-5-2-6-16-31)50-43(28-34)32-17-7-3-8-18-32/h2-30H,1H3. The normalized spacial score (nSPS) is 15.1. The van der Waals surface area contributed by atoms with Gasteiger partial charge in [-0.25, -0.2) is 4.98 Å². The Kier molecular flexibility index (Phi) is 6.29. The lowest BCUT2D eigenvalue weighted by Gasteiger charge is -2.28. The lowest BCUT2D eigenvalue weighted by molar-refractivity contribution is 0.721. The Morgan fingerprint density at radius 1 is 0.500 bits per heavy atom. The van der Waals surface area contributed by atoms with Crippen LogP contribution >= 0.6 is 11.3 Å². The van der Waals surface area contributed by atoms with Crippen LogP contribution in [0.25, 0.3) is 81.3 Å². The molecule has 0 amide bonds. The summed E-state index contributed by atoms with van der Waals surface area (Å²) in [6, 6.07) is 64.1. The molecule has 1 aliphatic carbocycles. The van der Waals surface area contributed by atoms with Crippen molar-refractivity contribution in [3.63, 3.8) is 0 Å². The Bertz CT molecular complexity index is 2950. The summed E-state index contributed by atoms with van der Waals surface area (Å²) >= 11 is 1.94. The Hall–Kier alpha value is -6.29. The molecule has 0 saturated carbocycles. The molecule has 0 spiro atoms. The molecule has 7 aromatic carbocycles. The maximum Gasteiger partial charge on any atom is 0.0730 e. The van der Waals surface area contributed by atoms with Crippen LogP contribution in [0.2, 0.25) is 0 Å². The van der Waals surface area contributed by atoms with Crippen molar-refractivity contribution in [2.75, 3.05) is 0 Å². The number of hydrogen-bond donors (Lipinski definition) is 0. The van der Waals surface area contributed by atoms with Gasteiger partial charge >= 0.3 is 0 Å². The number of pyridine rings is 1. The number of rotatable bonds is 4. The number of benzene rings is 7. The van der Waals surface area contributed by atoms with E-state index in [0.717, 1.165) is 28.2 Å². The minimum atomic E-state index is -0.256. The van der Waals surface area contributed by atoms with E-state index < -0.39 is 0 Å². The zero-order valence-electron chi connectivity index (χ0n) is 28.5. The fourth-order valence-corrected chi connectivity index (χ4v) is 10.2. The maximum atomic E-state index is 5.20. The van der Waals surface area contributed by atoms with E-state index in [0.29, 0.717) is 0 Å². The monoisotopic (exact) mass is 680 g/mol. The molecule has 1 aliphatic rings. The fraction of sp³-hybridized carbons (Fsp3) is 0.0408. The molecule has 244 valence electrons. The summed E-state index contributed by atoms with van der Waals surface area (Å²) in [6.07, 6.45) is 0. The number of para-hydroxylation sites is 1. The highest BCUT2D eigenvalue weighted by molar-refractivity contribution is 7.26. The van der Waals surface area contributed by atoms with Gasteiger partial charge in [-0.15, -0.1) is 11.3 Å². The molecule has 3 heteroatoms. The zero-order valence-corrected chi connectivity index (χ0v) is 29.4. The quantitative estimate of drug-likeness (QED) is 0.181. The smallest absolute Gasteiger partial charge is 0.0730 e. The molecule has 3 heterocycles. The fourth-order valence-electron chi connectivity index (χ4n) is 8.82. The molecule has 0 bridgehead atoms. The molecule has 1 atom stereocenters. The molecule has 52 heavy (non-hydrogen) atoms. The minimum Gasteiger partial charge on any atom is -0.309 e. The second-order valence-corrected chi connectivity index (χ2v) is 15.1. The van der Waals surface area contributed by atoms with E-state index in [1.54, 1.807) is 0 Å². The minimum absolute atomic E-state index is 0.256. The number of aromatic nitrogens is 2. The lowest BCUT2D eigenvalue weighted by atomic mass is 9.74. The van der Waals surface area contributed by atoms with Crippen molar-refractivity contribution < 1.29 is 0 Å². The molecule has 0 fully saturated rings. The molecule has 0 saturated heterocycles. The summed E-state index contributed by atoms with van der Waals surface area (Å²) in [5.41, 5.74) is 14.2. The van der Waals surface area contributed by atoms with Crippen molar-refractivity contribution in [2.24, 2.45) is 0 Å². The van der Waals surface area contributed by atoms with Gasteiger partial charge in [0.05, 0.1) is 28.1 Å². The molecule has 10 aromatic rings. The first-order valence-electron chi connectivity index (χ1n) is 17.9. The van der Waals surface area contributed by atoms with E-state index in [4.69, 9.17) is 4.98 Å². The molecule has 0 radical (unpaired) electrons. The Morgan fingerprint density at radius 3 is 1.87 bits per heavy atom. The first kappa shape index (κ1) is 29.4. The van der Waals surface area contributed by atoms with E-state index in [2.05, 4.69) is 187 Å². The number of fused-ring (bicyclic) bond motifs is 10. The summed E-state index contributed by atoms with van der Waals surface area (Å²) in [7, 11) is 0. The van der Waals surface area contributed by atoms with Gasteiger partial charge < -0.3 is 4.57 Å². The Balaban J connectivity index is 1.21. The average Bonchev–Trinajstić information content (AvgIpc) is 3.83. The molecule has 3 aromatic heterocycles. The van der Waals surface area contributed by atoms with E-state index >= 15 is 0 Å². The third-order valence-electron chi connectivity index (χ3n) is 11.2. The van der Waals surface area contributed by atoms with E-state index in [1.807, 2.05) is 11.3 Å². The van der Waals surface area contributed by atoms with Crippen LogP contribution in [-0.4, -0.2) is 9.55 Å². The Labute approximate surface area is 305 Å². The third-order valence-corrected chi connectivity index (χ3v) is 12.4. The van der Waals surface area contributed by atoms with Gasteiger partial charge in [-0.3, -0.25) is 0 Å². The van der Waals surface area contributed by atoms with Crippen LogP contribution < -0.4 is 0 Å². The Morgan fingerprint density at radius 2 is 1.13 bits per heavy atom. The predicted octanol–water partition coefficient (Wildman–Crippen LogP) is 13.2. The largest absolute Gasteiger partial charge is 0.309 e. The molecule has 11 rings (SSSR count).